The lowest BCUT2D eigenvalue weighted by Gasteiger charge is -2.26. The molecule has 0 aromatic heterocycles. The molecule has 1 aliphatic rings. The molecule has 0 aliphatic heterocycles. The van der Waals surface area contributed by atoms with Crippen LogP contribution in [0.3, 0.4) is 0 Å². The normalized spacial score (nSPS) is 15.4. The summed E-state index contributed by atoms with van der Waals surface area (Å²) in [5.41, 5.74) is 0.666. The largest absolute Gasteiger partial charge is 0.494 e. The van der Waals surface area contributed by atoms with Gasteiger partial charge in [0.2, 0.25) is 0 Å². The maximum Gasteiger partial charge on any atom is 0.373 e. The number of carbonyl (C=O) groups excluding carboxylic acids is 2. The Balaban J connectivity index is 1.39. The van der Waals surface area contributed by atoms with Crippen LogP contribution in [0.15, 0.2) is 48.5 Å². The summed E-state index contributed by atoms with van der Waals surface area (Å²) in [6.07, 6.45) is 12.4. The van der Waals surface area contributed by atoms with E-state index in [0.717, 1.165) is 32.1 Å². The molecule has 8 heteroatoms. The average molecular weight is 555 g/mol. The SMILES string of the molecule is CCCCCCOc1ccc(C(=O)OO[C]2CC[CH]CC2OOC(=O)c2ccc(OCCCCCC)cc2)cc1. The van der Waals surface area contributed by atoms with E-state index in [9.17, 15) is 9.59 Å². The standard InChI is InChI=1S/C32H42O8/c1-3-5-7-11-23-35-27-19-15-25(16-20-27)31(33)39-37-29-13-9-10-14-30(29)38-40-32(34)26-17-21-28(22-18-26)36-24-12-8-6-4-2/h9,15-22,29H,3-8,10-14,23-24H2,1-2H3. The van der Waals surface area contributed by atoms with Crippen molar-refractivity contribution in [2.24, 2.45) is 0 Å². The van der Waals surface area contributed by atoms with E-state index in [4.69, 9.17) is 29.0 Å². The lowest BCUT2D eigenvalue weighted by molar-refractivity contribution is -0.317. The number of unbranched alkanes of at least 4 members (excludes halogenated alkanes) is 6. The summed E-state index contributed by atoms with van der Waals surface area (Å²) in [7, 11) is 0. The summed E-state index contributed by atoms with van der Waals surface area (Å²) in [5, 5.41) is 0. The molecule has 0 spiro atoms. The monoisotopic (exact) mass is 554 g/mol. The zero-order valence-electron chi connectivity index (χ0n) is 23.7. The van der Waals surface area contributed by atoms with E-state index in [2.05, 4.69) is 13.8 Å². The molecule has 2 aromatic carbocycles. The van der Waals surface area contributed by atoms with Gasteiger partial charge < -0.3 is 9.47 Å². The maximum absolute atomic E-state index is 12.5. The fourth-order valence-electron chi connectivity index (χ4n) is 4.10. The van der Waals surface area contributed by atoms with Crippen LogP contribution in [-0.2, 0) is 19.6 Å². The molecule has 0 heterocycles. The Labute approximate surface area is 238 Å². The highest BCUT2D eigenvalue weighted by atomic mass is 17.2. The lowest BCUT2D eigenvalue weighted by atomic mass is 9.95. The Hall–Kier alpha value is -3.10. The summed E-state index contributed by atoms with van der Waals surface area (Å²) in [6.45, 7) is 5.63. The van der Waals surface area contributed by atoms with Crippen molar-refractivity contribution in [1.82, 2.24) is 0 Å². The molecule has 0 saturated heterocycles. The summed E-state index contributed by atoms with van der Waals surface area (Å²) in [6, 6.07) is 13.5. The number of rotatable bonds is 18. The van der Waals surface area contributed by atoms with Gasteiger partial charge in [-0.3, -0.25) is 9.78 Å². The Morgan fingerprint density at radius 1 is 0.700 bits per heavy atom. The summed E-state index contributed by atoms with van der Waals surface area (Å²) < 4.78 is 11.4. The Morgan fingerprint density at radius 2 is 1.23 bits per heavy atom. The van der Waals surface area contributed by atoms with E-state index < -0.39 is 18.0 Å². The van der Waals surface area contributed by atoms with Gasteiger partial charge in [0.1, 0.15) is 17.6 Å². The second-order valence-electron chi connectivity index (χ2n) is 9.81. The van der Waals surface area contributed by atoms with E-state index in [1.165, 1.54) is 25.7 Å². The molecular formula is C32H42O8. The van der Waals surface area contributed by atoms with Crippen molar-refractivity contribution >= 4 is 11.9 Å². The molecule has 8 nitrogen and oxygen atoms in total. The highest BCUT2D eigenvalue weighted by Gasteiger charge is 2.33. The number of benzene rings is 2. The summed E-state index contributed by atoms with van der Waals surface area (Å²) >= 11 is 0. The van der Waals surface area contributed by atoms with Crippen LogP contribution in [0.25, 0.3) is 0 Å². The molecule has 1 saturated carbocycles. The van der Waals surface area contributed by atoms with E-state index in [1.54, 1.807) is 48.5 Å². The van der Waals surface area contributed by atoms with Crippen LogP contribution in [0, 0.1) is 12.5 Å². The molecule has 2 radical (unpaired) electrons. The molecule has 0 amide bonds. The zero-order chi connectivity index (χ0) is 28.4. The molecule has 0 N–H and O–H groups in total. The number of carbonyl (C=O) groups is 2. The van der Waals surface area contributed by atoms with Gasteiger partial charge in [0.05, 0.1) is 24.3 Å². The van der Waals surface area contributed by atoms with Crippen molar-refractivity contribution < 1.29 is 38.6 Å². The number of hydrogen-bond donors (Lipinski definition) is 0. The molecule has 1 aliphatic carbocycles. The molecule has 0 bridgehead atoms. The van der Waals surface area contributed by atoms with E-state index in [-0.39, 0.29) is 0 Å². The topological polar surface area (TPSA) is 89.5 Å². The van der Waals surface area contributed by atoms with Gasteiger partial charge in [-0.1, -0.05) is 52.4 Å². The third kappa shape index (κ3) is 11.2. The van der Waals surface area contributed by atoms with Gasteiger partial charge >= 0.3 is 11.9 Å². The fourth-order valence-corrected chi connectivity index (χ4v) is 4.10. The second kappa shape index (κ2) is 18.3. The average Bonchev–Trinajstić information content (AvgIpc) is 2.99. The van der Waals surface area contributed by atoms with Crippen LogP contribution in [0.4, 0.5) is 0 Å². The molecule has 1 fully saturated rings. The number of ether oxygens (including phenoxy) is 2. The molecule has 218 valence electrons. The van der Waals surface area contributed by atoms with Crippen molar-refractivity contribution in [3.05, 3.63) is 72.2 Å². The predicted octanol–water partition coefficient (Wildman–Crippen LogP) is 7.77. The van der Waals surface area contributed by atoms with Gasteiger partial charge in [0.25, 0.3) is 0 Å². The Morgan fingerprint density at radius 3 is 1.75 bits per heavy atom. The van der Waals surface area contributed by atoms with Gasteiger partial charge in [0.15, 0.2) is 6.10 Å². The van der Waals surface area contributed by atoms with Crippen molar-refractivity contribution in [2.45, 2.75) is 90.6 Å². The maximum atomic E-state index is 12.5. The molecule has 1 atom stereocenters. The van der Waals surface area contributed by atoms with Crippen molar-refractivity contribution in [2.75, 3.05) is 13.2 Å². The minimum atomic E-state index is -0.681. The minimum Gasteiger partial charge on any atom is -0.494 e. The second-order valence-corrected chi connectivity index (χ2v) is 9.81. The first-order valence-electron chi connectivity index (χ1n) is 14.5. The van der Waals surface area contributed by atoms with Crippen LogP contribution in [0.1, 0.15) is 105 Å². The van der Waals surface area contributed by atoms with Gasteiger partial charge in [-0.2, -0.15) is 9.78 Å². The lowest BCUT2D eigenvalue weighted by Crippen LogP contribution is -2.30. The zero-order valence-corrected chi connectivity index (χ0v) is 23.7. The Bertz CT molecular complexity index is 907. The third-order valence-corrected chi connectivity index (χ3v) is 6.51. The van der Waals surface area contributed by atoms with Gasteiger partial charge in [-0.25, -0.2) is 9.59 Å². The van der Waals surface area contributed by atoms with Crippen LogP contribution >= 0.6 is 0 Å². The first-order chi connectivity index (χ1) is 19.6. The van der Waals surface area contributed by atoms with Gasteiger partial charge in [-0.05, 0) is 87.1 Å². The molecular weight excluding hydrogens is 512 g/mol. The van der Waals surface area contributed by atoms with Crippen molar-refractivity contribution in [1.29, 1.82) is 0 Å². The first-order valence-corrected chi connectivity index (χ1v) is 14.5. The highest BCUT2D eigenvalue weighted by molar-refractivity contribution is 5.89. The highest BCUT2D eigenvalue weighted by Crippen LogP contribution is 2.30. The predicted molar refractivity (Wildman–Crippen MR) is 150 cm³/mol. The van der Waals surface area contributed by atoms with Gasteiger partial charge in [0, 0.05) is 0 Å². The van der Waals surface area contributed by atoms with Crippen molar-refractivity contribution in [3.8, 4) is 11.5 Å². The molecule has 40 heavy (non-hydrogen) atoms. The van der Waals surface area contributed by atoms with E-state index >= 15 is 0 Å². The smallest absolute Gasteiger partial charge is 0.373 e. The van der Waals surface area contributed by atoms with E-state index in [0.29, 0.717) is 54.8 Å². The fraction of sp³-hybridized carbons (Fsp3) is 0.500. The van der Waals surface area contributed by atoms with Crippen LogP contribution in [0.5, 0.6) is 11.5 Å². The quantitative estimate of drug-likeness (QED) is 0.105. The van der Waals surface area contributed by atoms with Crippen LogP contribution < -0.4 is 9.47 Å². The van der Waals surface area contributed by atoms with E-state index in [1.807, 2.05) is 6.42 Å². The van der Waals surface area contributed by atoms with Gasteiger partial charge in [-0.15, -0.1) is 0 Å². The summed E-state index contributed by atoms with van der Waals surface area (Å²) in [4.78, 5) is 45.8. The summed E-state index contributed by atoms with van der Waals surface area (Å²) in [5.74, 6) is 0.126. The van der Waals surface area contributed by atoms with Crippen LogP contribution in [0.2, 0.25) is 0 Å². The third-order valence-electron chi connectivity index (χ3n) is 6.51. The first kappa shape index (κ1) is 31.4. The molecule has 3 rings (SSSR count). The molecule has 1 unspecified atom stereocenters. The molecule has 2 aromatic rings. The minimum absolute atomic E-state index is 0.332. The van der Waals surface area contributed by atoms with Crippen LogP contribution in [-0.4, -0.2) is 31.3 Å². The number of hydrogen-bond acceptors (Lipinski definition) is 8. The Kier molecular flexibility index (Phi) is 14.4. The van der Waals surface area contributed by atoms with Crippen molar-refractivity contribution in [3.63, 3.8) is 0 Å².